The van der Waals surface area contributed by atoms with Crippen LogP contribution in [0, 0.1) is 11.3 Å². The van der Waals surface area contributed by atoms with Crippen LogP contribution in [0.15, 0.2) is 61.1 Å². The van der Waals surface area contributed by atoms with Gasteiger partial charge in [-0.05, 0) is 35.9 Å². The third-order valence-corrected chi connectivity index (χ3v) is 3.07. The number of pyridine rings is 1. The topological polar surface area (TPSA) is 66.5 Å². The molecule has 21 heavy (non-hydrogen) atoms. The summed E-state index contributed by atoms with van der Waals surface area (Å²) in [7, 11) is 0. The van der Waals surface area contributed by atoms with Gasteiger partial charge < -0.3 is 5.32 Å². The third-order valence-electron chi connectivity index (χ3n) is 3.07. The van der Waals surface area contributed by atoms with Crippen LogP contribution in [0.4, 0.5) is 5.69 Å². The first kappa shape index (κ1) is 12.9. The monoisotopic (exact) mass is 275 g/mol. The Hall–Kier alpha value is -3.13. The molecule has 0 unspecified atom stereocenters. The molecule has 3 rings (SSSR count). The van der Waals surface area contributed by atoms with Crippen LogP contribution < -0.4 is 5.32 Å². The molecule has 2 heterocycles. The normalized spacial score (nSPS) is 10.0. The van der Waals surface area contributed by atoms with Gasteiger partial charge in [0.15, 0.2) is 5.82 Å². The van der Waals surface area contributed by atoms with Crippen molar-refractivity contribution in [2.75, 3.05) is 5.32 Å². The standard InChI is InChI=1S/C16H13N5/c17-11-13-4-6-14(7-5-13)12-19-15-3-1-8-18-16(15)21-10-2-9-20-21/h1-10,19H,12H2. The maximum atomic E-state index is 8.79. The fourth-order valence-electron chi connectivity index (χ4n) is 2.01. The van der Waals surface area contributed by atoms with Gasteiger partial charge in [-0.1, -0.05) is 12.1 Å². The number of hydrogen-bond acceptors (Lipinski definition) is 4. The van der Waals surface area contributed by atoms with Crippen LogP contribution in [0.2, 0.25) is 0 Å². The SMILES string of the molecule is N#Cc1ccc(CNc2cccnc2-n2cccn2)cc1. The summed E-state index contributed by atoms with van der Waals surface area (Å²) in [5.74, 6) is 0.760. The predicted molar refractivity (Wildman–Crippen MR) is 79.8 cm³/mol. The molecule has 0 saturated heterocycles. The molecule has 5 heteroatoms. The molecular formula is C16H13N5. The van der Waals surface area contributed by atoms with Crippen molar-refractivity contribution in [2.24, 2.45) is 0 Å². The minimum Gasteiger partial charge on any atom is -0.378 e. The highest BCUT2D eigenvalue weighted by Gasteiger charge is 2.05. The molecule has 0 amide bonds. The molecule has 0 aliphatic heterocycles. The van der Waals surface area contributed by atoms with Crippen LogP contribution in [0.1, 0.15) is 11.1 Å². The van der Waals surface area contributed by atoms with Crippen molar-refractivity contribution >= 4 is 5.69 Å². The second-order valence-electron chi connectivity index (χ2n) is 4.49. The van der Waals surface area contributed by atoms with E-state index in [0.717, 1.165) is 17.1 Å². The van der Waals surface area contributed by atoms with Gasteiger partial charge in [-0.15, -0.1) is 0 Å². The molecule has 1 N–H and O–H groups in total. The number of anilines is 1. The molecular weight excluding hydrogens is 262 g/mol. The van der Waals surface area contributed by atoms with Gasteiger partial charge >= 0.3 is 0 Å². The van der Waals surface area contributed by atoms with Gasteiger partial charge in [0.2, 0.25) is 0 Å². The molecule has 0 aliphatic carbocycles. The molecule has 1 aromatic carbocycles. The summed E-state index contributed by atoms with van der Waals surface area (Å²) < 4.78 is 1.72. The maximum absolute atomic E-state index is 8.79. The Morgan fingerprint density at radius 2 is 1.95 bits per heavy atom. The van der Waals surface area contributed by atoms with Gasteiger partial charge in [0.1, 0.15) is 0 Å². The first-order valence-corrected chi connectivity index (χ1v) is 6.55. The van der Waals surface area contributed by atoms with Crippen molar-refractivity contribution in [3.05, 3.63) is 72.2 Å². The molecule has 0 bridgehead atoms. The van der Waals surface area contributed by atoms with Crippen molar-refractivity contribution < 1.29 is 0 Å². The molecule has 3 aromatic rings. The van der Waals surface area contributed by atoms with E-state index < -0.39 is 0 Å². The maximum Gasteiger partial charge on any atom is 0.176 e. The van der Waals surface area contributed by atoms with E-state index in [-0.39, 0.29) is 0 Å². The first-order chi connectivity index (χ1) is 10.4. The van der Waals surface area contributed by atoms with Crippen LogP contribution in [0.25, 0.3) is 5.82 Å². The van der Waals surface area contributed by atoms with Gasteiger partial charge in [-0.2, -0.15) is 10.4 Å². The molecule has 0 atom stereocenters. The smallest absolute Gasteiger partial charge is 0.176 e. The second-order valence-corrected chi connectivity index (χ2v) is 4.49. The lowest BCUT2D eigenvalue weighted by molar-refractivity contribution is 0.846. The molecule has 0 radical (unpaired) electrons. The molecule has 0 aliphatic rings. The van der Waals surface area contributed by atoms with Crippen LogP contribution in [0.3, 0.4) is 0 Å². The minimum absolute atomic E-state index is 0.658. The van der Waals surface area contributed by atoms with Crippen LogP contribution >= 0.6 is 0 Å². The predicted octanol–water partition coefficient (Wildman–Crippen LogP) is 2.75. The largest absolute Gasteiger partial charge is 0.378 e. The van der Waals surface area contributed by atoms with Gasteiger partial charge in [-0.25, -0.2) is 9.67 Å². The van der Waals surface area contributed by atoms with E-state index in [9.17, 15) is 0 Å². The summed E-state index contributed by atoms with van der Waals surface area (Å²) in [5.41, 5.74) is 2.67. The zero-order valence-electron chi connectivity index (χ0n) is 11.3. The first-order valence-electron chi connectivity index (χ1n) is 6.55. The van der Waals surface area contributed by atoms with Crippen LogP contribution in [-0.4, -0.2) is 14.8 Å². The number of nitrogens with one attached hydrogen (secondary N) is 1. The number of aromatic nitrogens is 3. The van der Waals surface area contributed by atoms with Gasteiger partial charge in [0.05, 0.1) is 17.3 Å². The van der Waals surface area contributed by atoms with E-state index in [2.05, 4.69) is 21.5 Å². The summed E-state index contributed by atoms with van der Waals surface area (Å²) in [6, 6.07) is 15.3. The fourth-order valence-corrected chi connectivity index (χ4v) is 2.01. The summed E-state index contributed by atoms with van der Waals surface area (Å²) in [5, 5.41) is 16.3. The Kier molecular flexibility index (Phi) is 3.61. The van der Waals surface area contributed by atoms with Crippen molar-refractivity contribution in [1.82, 2.24) is 14.8 Å². The quantitative estimate of drug-likeness (QED) is 0.795. The molecule has 5 nitrogen and oxygen atoms in total. The van der Waals surface area contributed by atoms with E-state index in [1.807, 2.05) is 48.7 Å². The summed E-state index contributed by atoms with van der Waals surface area (Å²) in [6.07, 6.45) is 5.32. The van der Waals surface area contributed by atoms with Crippen LogP contribution in [0.5, 0.6) is 0 Å². The van der Waals surface area contributed by atoms with E-state index in [1.165, 1.54) is 0 Å². The lowest BCUT2D eigenvalue weighted by atomic mass is 10.1. The summed E-state index contributed by atoms with van der Waals surface area (Å²) in [6.45, 7) is 0.658. The Bertz CT molecular complexity index is 754. The highest BCUT2D eigenvalue weighted by Crippen LogP contribution is 2.17. The Morgan fingerprint density at radius 3 is 2.67 bits per heavy atom. The lowest BCUT2D eigenvalue weighted by Crippen LogP contribution is -2.06. The van der Waals surface area contributed by atoms with Crippen molar-refractivity contribution in [2.45, 2.75) is 6.54 Å². The number of nitrogens with zero attached hydrogens (tertiary/aromatic N) is 4. The Labute approximate surface area is 122 Å². The van der Waals surface area contributed by atoms with E-state index in [0.29, 0.717) is 12.1 Å². The average Bonchev–Trinajstić information content (AvgIpc) is 3.08. The van der Waals surface area contributed by atoms with E-state index >= 15 is 0 Å². The highest BCUT2D eigenvalue weighted by atomic mass is 15.3. The molecule has 102 valence electrons. The minimum atomic E-state index is 0.658. The van der Waals surface area contributed by atoms with Gasteiger partial charge in [0, 0.05) is 25.1 Å². The van der Waals surface area contributed by atoms with E-state index in [1.54, 1.807) is 17.1 Å². The van der Waals surface area contributed by atoms with Crippen molar-refractivity contribution in [1.29, 1.82) is 5.26 Å². The molecule has 0 spiro atoms. The zero-order chi connectivity index (χ0) is 14.5. The Morgan fingerprint density at radius 1 is 1.10 bits per heavy atom. The number of rotatable bonds is 4. The second kappa shape index (κ2) is 5.88. The summed E-state index contributed by atoms with van der Waals surface area (Å²) in [4.78, 5) is 4.36. The molecule has 0 fully saturated rings. The fraction of sp³-hybridized carbons (Fsp3) is 0.0625. The molecule has 0 saturated carbocycles. The van der Waals surface area contributed by atoms with Crippen LogP contribution in [-0.2, 0) is 6.54 Å². The van der Waals surface area contributed by atoms with Crippen molar-refractivity contribution in [3.8, 4) is 11.9 Å². The molecule has 2 aromatic heterocycles. The van der Waals surface area contributed by atoms with Gasteiger partial charge in [0.25, 0.3) is 0 Å². The van der Waals surface area contributed by atoms with Gasteiger partial charge in [-0.3, -0.25) is 0 Å². The number of nitriles is 1. The lowest BCUT2D eigenvalue weighted by Gasteiger charge is -2.11. The Balaban J connectivity index is 1.78. The van der Waals surface area contributed by atoms with Crippen molar-refractivity contribution in [3.63, 3.8) is 0 Å². The average molecular weight is 275 g/mol. The highest BCUT2D eigenvalue weighted by molar-refractivity contribution is 5.56. The third kappa shape index (κ3) is 2.90. The summed E-state index contributed by atoms with van der Waals surface area (Å²) >= 11 is 0. The number of hydrogen-bond donors (Lipinski definition) is 1. The van der Waals surface area contributed by atoms with E-state index in [4.69, 9.17) is 5.26 Å². The zero-order valence-corrected chi connectivity index (χ0v) is 11.3. The number of benzene rings is 1.